The van der Waals surface area contributed by atoms with Crippen LogP contribution in [0.15, 0.2) is 36.4 Å². The van der Waals surface area contributed by atoms with Crippen LogP contribution in [0.1, 0.15) is 54.3 Å². The van der Waals surface area contributed by atoms with E-state index >= 15 is 0 Å². The molecule has 1 fully saturated rings. The summed E-state index contributed by atoms with van der Waals surface area (Å²) in [5.74, 6) is 2.43. The zero-order valence-electron chi connectivity index (χ0n) is 15.7. The third-order valence-corrected chi connectivity index (χ3v) is 6.12. The molecule has 1 aromatic carbocycles. The summed E-state index contributed by atoms with van der Waals surface area (Å²) >= 11 is 0. The van der Waals surface area contributed by atoms with Crippen LogP contribution in [0.25, 0.3) is 0 Å². The molecule has 1 aliphatic rings. The molecule has 0 spiro atoms. The Morgan fingerprint density at radius 2 is 1.71 bits per heavy atom. The number of hydrogen-bond acceptors (Lipinski definition) is 1. The van der Waals surface area contributed by atoms with Gasteiger partial charge in [-0.15, -0.1) is 0 Å². The molecule has 3 atom stereocenters. The minimum absolute atomic E-state index is 0.780. The van der Waals surface area contributed by atoms with Gasteiger partial charge in [-0.05, 0) is 87.0 Å². The lowest BCUT2D eigenvalue weighted by Crippen LogP contribution is -2.26. The molecule has 3 rings (SSSR count). The van der Waals surface area contributed by atoms with E-state index in [1.54, 1.807) is 5.56 Å². The largest absolute Gasteiger partial charge is 0.258 e. The SMILES string of the molecule is Cc1ccccc1CC1CC[C@H](C)C(Cc2ccc(C)c(C)n2)C1. The number of pyridine rings is 1. The summed E-state index contributed by atoms with van der Waals surface area (Å²) in [7, 11) is 0. The van der Waals surface area contributed by atoms with Gasteiger partial charge in [0.25, 0.3) is 0 Å². The molecule has 128 valence electrons. The Morgan fingerprint density at radius 3 is 2.46 bits per heavy atom. The average Bonchev–Trinajstić information content (AvgIpc) is 2.56. The van der Waals surface area contributed by atoms with Crippen LogP contribution in [0.2, 0.25) is 0 Å². The Bertz CT molecular complexity index is 688. The number of nitrogens with zero attached hydrogens (tertiary/aromatic N) is 1. The Labute approximate surface area is 147 Å². The first-order chi connectivity index (χ1) is 11.5. The fraction of sp³-hybridized carbons (Fsp3) is 0.522. The molecule has 0 saturated heterocycles. The van der Waals surface area contributed by atoms with E-state index in [0.717, 1.165) is 24.2 Å². The molecular weight excluding hydrogens is 290 g/mol. The quantitative estimate of drug-likeness (QED) is 0.689. The van der Waals surface area contributed by atoms with Gasteiger partial charge in [0, 0.05) is 11.4 Å². The molecule has 1 aliphatic carbocycles. The van der Waals surface area contributed by atoms with E-state index < -0.39 is 0 Å². The van der Waals surface area contributed by atoms with Crippen molar-refractivity contribution >= 4 is 0 Å². The minimum atomic E-state index is 0.780. The first-order valence-electron chi connectivity index (χ1n) is 9.50. The molecule has 0 N–H and O–H groups in total. The van der Waals surface area contributed by atoms with Crippen molar-refractivity contribution in [2.24, 2.45) is 17.8 Å². The Balaban J connectivity index is 1.67. The van der Waals surface area contributed by atoms with Crippen molar-refractivity contribution in [1.82, 2.24) is 4.98 Å². The predicted octanol–water partition coefficient (Wildman–Crippen LogP) is 5.84. The second kappa shape index (κ2) is 7.51. The van der Waals surface area contributed by atoms with Crippen molar-refractivity contribution in [1.29, 1.82) is 0 Å². The molecular formula is C23H31N. The van der Waals surface area contributed by atoms with Crippen LogP contribution in [-0.4, -0.2) is 4.98 Å². The average molecular weight is 322 g/mol. The van der Waals surface area contributed by atoms with E-state index in [1.165, 1.54) is 48.2 Å². The highest BCUT2D eigenvalue weighted by Crippen LogP contribution is 2.37. The summed E-state index contributed by atoms with van der Waals surface area (Å²) in [4.78, 5) is 4.82. The number of aryl methyl sites for hydroxylation is 3. The molecule has 1 nitrogen and oxygen atoms in total. The summed E-state index contributed by atoms with van der Waals surface area (Å²) in [6, 6.07) is 13.4. The van der Waals surface area contributed by atoms with E-state index in [-0.39, 0.29) is 0 Å². The fourth-order valence-electron chi connectivity index (χ4n) is 4.20. The summed E-state index contributed by atoms with van der Waals surface area (Å²) in [6.45, 7) is 8.96. The molecule has 1 heteroatoms. The second-order valence-electron chi connectivity index (χ2n) is 7.96. The Hall–Kier alpha value is -1.63. The highest BCUT2D eigenvalue weighted by Gasteiger charge is 2.28. The van der Waals surface area contributed by atoms with Gasteiger partial charge in [-0.2, -0.15) is 0 Å². The van der Waals surface area contributed by atoms with Gasteiger partial charge >= 0.3 is 0 Å². The van der Waals surface area contributed by atoms with E-state index in [2.05, 4.69) is 64.1 Å². The maximum atomic E-state index is 4.82. The number of benzene rings is 1. The van der Waals surface area contributed by atoms with Crippen LogP contribution >= 0.6 is 0 Å². The van der Waals surface area contributed by atoms with Gasteiger partial charge in [-0.25, -0.2) is 0 Å². The molecule has 0 bridgehead atoms. The lowest BCUT2D eigenvalue weighted by atomic mass is 9.71. The summed E-state index contributed by atoms with van der Waals surface area (Å²) in [6.07, 6.45) is 6.49. The fourth-order valence-corrected chi connectivity index (χ4v) is 4.20. The maximum absolute atomic E-state index is 4.82. The van der Waals surface area contributed by atoms with Crippen molar-refractivity contribution in [2.75, 3.05) is 0 Å². The third-order valence-electron chi connectivity index (χ3n) is 6.12. The molecule has 1 aromatic heterocycles. The van der Waals surface area contributed by atoms with Crippen LogP contribution < -0.4 is 0 Å². The molecule has 0 amide bonds. The molecule has 0 aliphatic heterocycles. The highest BCUT2D eigenvalue weighted by atomic mass is 14.7. The number of rotatable bonds is 4. The second-order valence-corrected chi connectivity index (χ2v) is 7.96. The molecule has 24 heavy (non-hydrogen) atoms. The van der Waals surface area contributed by atoms with Crippen molar-refractivity contribution in [3.05, 3.63) is 64.5 Å². The van der Waals surface area contributed by atoms with Gasteiger partial charge in [0.15, 0.2) is 0 Å². The standard InChI is InChI=1S/C23H31N/c1-16-10-12-23(24-19(16)4)15-22-14-20(11-9-18(22)3)13-21-8-6-5-7-17(21)2/h5-8,10,12,18,20,22H,9,11,13-15H2,1-4H3/t18-,20?,22?/m0/s1. The highest BCUT2D eigenvalue weighted by molar-refractivity contribution is 5.26. The van der Waals surface area contributed by atoms with Gasteiger partial charge in [0.2, 0.25) is 0 Å². The number of hydrogen-bond donors (Lipinski definition) is 0. The first kappa shape index (κ1) is 17.2. The van der Waals surface area contributed by atoms with Crippen molar-refractivity contribution in [3.63, 3.8) is 0 Å². The molecule has 0 radical (unpaired) electrons. The monoisotopic (exact) mass is 321 g/mol. The van der Waals surface area contributed by atoms with Crippen molar-refractivity contribution in [3.8, 4) is 0 Å². The van der Waals surface area contributed by atoms with Gasteiger partial charge in [-0.3, -0.25) is 4.98 Å². The van der Waals surface area contributed by atoms with E-state index in [1.807, 2.05) is 0 Å². The first-order valence-corrected chi connectivity index (χ1v) is 9.50. The van der Waals surface area contributed by atoms with Crippen molar-refractivity contribution < 1.29 is 0 Å². The zero-order valence-corrected chi connectivity index (χ0v) is 15.7. The lowest BCUT2D eigenvalue weighted by Gasteiger charge is -2.34. The van der Waals surface area contributed by atoms with E-state index in [4.69, 9.17) is 4.98 Å². The lowest BCUT2D eigenvalue weighted by molar-refractivity contribution is 0.190. The number of aromatic nitrogens is 1. The topological polar surface area (TPSA) is 12.9 Å². The van der Waals surface area contributed by atoms with Crippen LogP contribution in [-0.2, 0) is 12.8 Å². The molecule has 1 saturated carbocycles. The summed E-state index contributed by atoms with van der Waals surface area (Å²) < 4.78 is 0. The van der Waals surface area contributed by atoms with Crippen LogP contribution in [0.5, 0.6) is 0 Å². The summed E-state index contributed by atoms with van der Waals surface area (Å²) in [5.41, 5.74) is 6.76. The van der Waals surface area contributed by atoms with E-state index in [0.29, 0.717) is 0 Å². The van der Waals surface area contributed by atoms with Gasteiger partial charge < -0.3 is 0 Å². The van der Waals surface area contributed by atoms with E-state index in [9.17, 15) is 0 Å². The van der Waals surface area contributed by atoms with Gasteiger partial charge in [0.1, 0.15) is 0 Å². The zero-order chi connectivity index (χ0) is 17.1. The predicted molar refractivity (Wildman–Crippen MR) is 102 cm³/mol. The Kier molecular flexibility index (Phi) is 5.38. The molecule has 2 aromatic rings. The van der Waals surface area contributed by atoms with Gasteiger partial charge in [-0.1, -0.05) is 43.7 Å². The minimum Gasteiger partial charge on any atom is -0.258 e. The molecule has 1 heterocycles. The molecule has 2 unspecified atom stereocenters. The Morgan fingerprint density at radius 1 is 0.917 bits per heavy atom. The van der Waals surface area contributed by atoms with Crippen LogP contribution in [0.4, 0.5) is 0 Å². The normalized spacial score (nSPS) is 24.1. The van der Waals surface area contributed by atoms with Crippen LogP contribution in [0, 0.1) is 38.5 Å². The van der Waals surface area contributed by atoms with Gasteiger partial charge in [0.05, 0.1) is 0 Å². The summed E-state index contributed by atoms with van der Waals surface area (Å²) in [5, 5.41) is 0. The third kappa shape index (κ3) is 4.06. The smallest absolute Gasteiger partial charge is 0.0409 e. The van der Waals surface area contributed by atoms with Crippen molar-refractivity contribution in [2.45, 2.75) is 59.8 Å². The maximum Gasteiger partial charge on any atom is 0.0409 e. The van der Waals surface area contributed by atoms with Crippen LogP contribution in [0.3, 0.4) is 0 Å².